The van der Waals surface area contributed by atoms with Gasteiger partial charge in [-0.1, -0.05) is 30.3 Å². The van der Waals surface area contributed by atoms with Crippen LogP contribution in [-0.2, 0) is 29.7 Å². The molecule has 0 aliphatic heterocycles. The summed E-state index contributed by atoms with van der Waals surface area (Å²) in [5, 5.41) is 0. The number of hydrogen-bond donors (Lipinski definition) is 2. The lowest BCUT2D eigenvalue weighted by Gasteiger charge is -2.05. The lowest BCUT2D eigenvalue weighted by molar-refractivity contribution is 0.581. The van der Waals surface area contributed by atoms with Gasteiger partial charge in [0.05, 0.1) is 4.90 Å². The van der Waals surface area contributed by atoms with E-state index < -0.39 is 10.0 Å². The van der Waals surface area contributed by atoms with Crippen molar-refractivity contribution in [3.05, 3.63) is 53.9 Å². The average molecular weight is 293 g/mol. The highest BCUT2D eigenvalue weighted by molar-refractivity contribution is 7.89. The molecule has 108 valence electrons. The number of hydrogen-bond acceptors (Lipinski definition) is 3. The lowest BCUT2D eigenvalue weighted by atomic mass is 10.2. The third-order valence-electron chi connectivity index (χ3n) is 3.13. The predicted octanol–water partition coefficient (Wildman–Crippen LogP) is 1.45. The summed E-state index contributed by atoms with van der Waals surface area (Å²) in [6, 6.07) is 11.0. The molecule has 0 aliphatic rings. The van der Waals surface area contributed by atoms with Crippen molar-refractivity contribution in [2.75, 3.05) is 0 Å². The molecule has 0 saturated heterocycles. The third-order valence-corrected chi connectivity index (χ3v) is 4.50. The fourth-order valence-corrected chi connectivity index (χ4v) is 3.08. The van der Waals surface area contributed by atoms with Crippen molar-refractivity contribution in [1.82, 2.24) is 9.29 Å². The first-order valence-corrected chi connectivity index (χ1v) is 7.98. The molecular weight excluding hydrogens is 274 g/mol. The van der Waals surface area contributed by atoms with E-state index >= 15 is 0 Å². The summed E-state index contributed by atoms with van der Waals surface area (Å²) in [5.41, 5.74) is 7.35. The van der Waals surface area contributed by atoms with Crippen molar-refractivity contribution in [2.45, 2.75) is 31.5 Å². The molecule has 1 aromatic carbocycles. The Hall–Kier alpha value is -1.63. The van der Waals surface area contributed by atoms with E-state index in [1.54, 1.807) is 12.3 Å². The minimum absolute atomic E-state index is 0.260. The normalized spacial score (nSPS) is 11.7. The molecule has 0 aliphatic carbocycles. The van der Waals surface area contributed by atoms with Crippen molar-refractivity contribution in [2.24, 2.45) is 5.73 Å². The van der Waals surface area contributed by atoms with E-state index in [9.17, 15) is 8.42 Å². The van der Waals surface area contributed by atoms with Gasteiger partial charge in [-0.15, -0.1) is 0 Å². The highest BCUT2D eigenvalue weighted by Gasteiger charge is 2.17. The predicted molar refractivity (Wildman–Crippen MR) is 78.5 cm³/mol. The standard InChI is InChI=1S/C14H19N3O2S/c1-2-17-11-14(8-13(17)9-15)20(18,19)16-10-12-6-4-3-5-7-12/h3-8,11,16H,2,9-10,15H2,1H3. The number of nitrogens with zero attached hydrogens (tertiary/aromatic N) is 1. The van der Waals surface area contributed by atoms with Crippen molar-refractivity contribution in [3.63, 3.8) is 0 Å². The zero-order valence-electron chi connectivity index (χ0n) is 11.4. The minimum atomic E-state index is -3.51. The van der Waals surface area contributed by atoms with Crippen LogP contribution in [0, 0.1) is 0 Å². The maximum Gasteiger partial charge on any atom is 0.242 e. The van der Waals surface area contributed by atoms with Crippen LogP contribution in [0.4, 0.5) is 0 Å². The van der Waals surface area contributed by atoms with E-state index in [2.05, 4.69) is 4.72 Å². The van der Waals surface area contributed by atoms with Crippen molar-refractivity contribution < 1.29 is 8.42 Å². The average Bonchev–Trinajstić information content (AvgIpc) is 2.90. The van der Waals surface area contributed by atoms with Gasteiger partial charge in [0.2, 0.25) is 10.0 Å². The van der Waals surface area contributed by atoms with Crippen molar-refractivity contribution in [3.8, 4) is 0 Å². The highest BCUT2D eigenvalue weighted by atomic mass is 32.2. The summed E-state index contributed by atoms with van der Waals surface area (Å²) in [5.74, 6) is 0. The lowest BCUT2D eigenvalue weighted by Crippen LogP contribution is -2.22. The number of nitrogens with one attached hydrogen (secondary N) is 1. The molecule has 2 rings (SSSR count). The Kier molecular flexibility index (Phi) is 4.59. The van der Waals surface area contributed by atoms with E-state index in [0.717, 1.165) is 11.3 Å². The van der Waals surface area contributed by atoms with Gasteiger partial charge in [0.15, 0.2) is 0 Å². The van der Waals surface area contributed by atoms with Gasteiger partial charge in [0.1, 0.15) is 0 Å². The van der Waals surface area contributed by atoms with E-state index in [4.69, 9.17) is 5.73 Å². The molecule has 0 saturated carbocycles. The summed E-state index contributed by atoms with van der Waals surface area (Å²) in [7, 11) is -3.51. The Labute approximate surface area is 119 Å². The zero-order chi connectivity index (χ0) is 14.6. The van der Waals surface area contributed by atoms with E-state index in [0.29, 0.717) is 13.1 Å². The molecule has 0 fully saturated rings. The Morgan fingerprint density at radius 3 is 2.50 bits per heavy atom. The molecule has 1 aromatic heterocycles. The van der Waals surface area contributed by atoms with Crippen LogP contribution in [0.3, 0.4) is 0 Å². The van der Waals surface area contributed by atoms with Crippen molar-refractivity contribution in [1.29, 1.82) is 0 Å². The second-order valence-corrected chi connectivity index (χ2v) is 6.23. The largest absolute Gasteiger partial charge is 0.349 e. The molecule has 0 bridgehead atoms. The first kappa shape index (κ1) is 14.8. The molecule has 20 heavy (non-hydrogen) atoms. The van der Waals surface area contributed by atoms with Gasteiger partial charge in [0.25, 0.3) is 0 Å². The maximum atomic E-state index is 12.2. The first-order chi connectivity index (χ1) is 9.56. The Bertz CT molecular complexity index is 641. The SMILES string of the molecule is CCn1cc(S(=O)(=O)NCc2ccccc2)cc1CN. The van der Waals surface area contributed by atoms with E-state index in [1.807, 2.05) is 41.8 Å². The smallest absolute Gasteiger partial charge is 0.242 e. The van der Waals surface area contributed by atoms with Crippen LogP contribution >= 0.6 is 0 Å². The number of nitrogens with two attached hydrogens (primary N) is 1. The van der Waals surface area contributed by atoms with Crippen LogP contribution < -0.4 is 10.5 Å². The molecule has 2 aromatic rings. The fourth-order valence-electron chi connectivity index (χ4n) is 2.00. The van der Waals surface area contributed by atoms with Crippen LogP contribution in [-0.4, -0.2) is 13.0 Å². The van der Waals surface area contributed by atoms with Crippen LogP contribution in [0.5, 0.6) is 0 Å². The molecule has 5 nitrogen and oxygen atoms in total. The third kappa shape index (κ3) is 3.27. The summed E-state index contributed by atoms with van der Waals surface area (Å²) >= 11 is 0. The van der Waals surface area contributed by atoms with E-state index in [-0.39, 0.29) is 11.4 Å². The van der Waals surface area contributed by atoms with Gasteiger partial charge < -0.3 is 10.3 Å². The van der Waals surface area contributed by atoms with Crippen LogP contribution in [0.15, 0.2) is 47.5 Å². The molecule has 0 atom stereocenters. The number of benzene rings is 1. The second kappa shape index (κ2) is 6.21. The number of rotatable bonds is 6. The van der Waals surface area contributed by atoms with Gasteiger partial charge >= 0.3 is 0 Å². The molecule has 0 amide bonds. The number of sulfonamides is 1. The highest BCUT2D eigenvalue weighted by Crippen LogP contribution is 2.14. The van der Waals surface area contributed by atoms with Gasteiger partial charge in [-0.05, 0) is 18.6 Å². The molecule has 0 radical (unpaired) electrons. The molecule has 1 heterocycles. The van der Waals surface area contributed by atoms with E-state index in [1.165, 1.54) is 0 Å². The molecular formula is C14H19N3O2S. The van der Waals surface area contributed by atoms with Gasteiger partial charge in [-0.2, -0.15) is 0 Å². The van der Waals surface area contributed by atoms with Gasteiger partial charge in [-0.3, -0.25) is 0 Å². The maximum absolute atomic E-state index is 12.2. The Morgan fingerprint density at radius 2 is 1.95 bits per heavy atom. The topological polar surface area (TPSA) is 77.1 Å². The molecule has 0 unspecified atom stereocenters. The van der Waals surface area contributed by atoms with Crippen LogP contribution in [0.2, 0.25) is 0 Å². The molecule has 0 spiro atoms. The van der Waals surface area contributed by atoms with Gasteiger partial charge in [-0.25, -0.2) is 13.1 Å². The van der Waals surface area contributed by atoms with Crippen LogP contribution in [0.1, 0.15) is 18.2 Å². The monoisotopic (exact) mass is 293 g/mol. The summed E-state index contributed by atoms with van der Waals surface area (Å²) in [6.07, 6.45) is 1.62. The quantitative estimate of drug-likeness (QED) is 0.846. The minimum Gasteiger partial charge on any atom is -0.349 e. The Morgan fingerprint density at radius 1 is 1.25 bits per heavy atom. The Balaban J connectivity index is 2.16. The zero-order valence-corrected chi connectivity index (χ0v) is 12.2. The molecule has 3 N–H and O–H groups in total. The molecule has 6 heteroatoms. The second-order valence-electron chi connectivity index (χ2n) is 4.47. The summed E-state index contributed by atoms with van der Waals surface area (Å²) in [6.45, 7) is 3.24. The fraction of sp³-hybridized carbons (Fsp3) is 0.286. The number of aromatic nitrogens is 1. The van der Waals surface area contributed by atoms with Crippen molar-refractivity contribution >= 4 is 10.0 Å². The van der Waals surface area contributed by atoms with Gasteiger partial charge in [0, 0.05) is 31.5 Å². The summed E-state index contributed by atoms with van der Waals surface area (Å²) in [4.78, 5) is 0.260. The number of aryl methyl sites for hydroxylation is 1. The summed E-state index contributed by atoms with van der Waals surface area (Å²) < 4.78 is 28.9. The van der Waals surface area contributed by atoms with Crippen LogP contribution in [0.25, 0.3) is 0 Å². The first-order valence-electron chi connectivity index (χ1n) is 6.49.